The molecular formula is C103H161N3O15S. The third-order valence-corrected chi connectivity index (χ3v) is 44.6. The number of thioether (sulfide) groups is 1. The van der Waals surface area contributed by atoms with E-state index in [0.717, 1.165) is 178 Å². The number of hydrogen-bond acceptors (Lipinski definition) is 18. The predicted octanol–water partition coefficient (Wildman–Crippen LogP) is 18.2. The summed E-state index contributed by atoms with van der Waals surface area (Å²) in [6.45, 7) is 37.6. The van der Waals surface area contributed by atoms with E-state index in [1.165, 1.54) is 63.1 Å². The predicted molar refractivity (Wildman–Crippen MR) is 475 cm³/mol. The number of allylic oxidation sites excluding steroid dienone is 1. The van der Waals surface area contributed by atoms with Crippen LogP contribution in [0.5, 0.6) is 0 Å². The molecule has 0 aromatic rings. The number of Topliss-reactive ketones (excluding diaryl/α,β-unsaturated/α-hetero) is 1. The van der Waals surface area contributed by atoms with Gasteiger partial charge in [0.05, 0.1) is 66.2 Å². The third kappa shape index (κ3) is 14.6. The molecule has 20 rings (SSSR count). The van der Waals surface area contributed by atoms with Gasteiger partial charge in [0.15, 0.2) is 23.3 Å². The fourth-order valence-corrected chi connectivity index (χ4v) is 38.8. The summed E-state index contributed by atoms with van der Waals surface area (Å²) in [5.41, 5.74) is 5.58. The van der Waals surface area contributed by atoms with Crippen LogP contribution in [0.3, 0.4) is 0 Å². The lowest BCUT2D eigenvalue weighted by Gasteiger charge is -2.64. The first-order valence-electron chi connectivity index (χ1n) is 50.4. The number of hydrogen-bond donors (Lipinski definition) is 9. The second-order valence-electron chi connectivity index (χ2n) is 47.6. The topological polar surface area (TPSA) is 295 Å². The Morgan fingerprint density at radius 3 is 1.16 bits per heavy atom. The van der Waals surface area contributed by atoms with Crippen molar-refractivity contribution >= 4 is 46.1 Å². The molecule has 18 nitrogen and oxygen atoms in total. The molecule has 0 spiro atoms. The number of cyclic esters (lactones) is 1. The Balaban J connectivity index is 0.000000116. The number of fused-ring (bicyclic) bond motifs is 20. The molecule has 4 aliphatic heterocycles. The number of carbonyl (C=O) groups excluding carboxylic acids is 4. The molecule has 4 heterocycles. The first-order chi connectivity index (χ1) is 57.9. The Kier molecular flexibility index (Phi) is 25.1. The Hall–Kier alpha value is -3.27. The van der Waals surface area contributed by atoms with Gasteiger partial charge in [-0.1, -0.05) is 134 Å². The van der Waals surface area contributed by atoms with Crippen LogP contribution in [0.2, 0.25) is 0 Å². The minimum absolute atomic E-state index is 0.0459. The number of nitrogens with one attached hydrogen (secondary N) is 1. The smallest absolute Gasteiger partial charge is 0.434 e. The van der Waals surface area contributed by atoms with Crippen LogP contribution < -0.4 is 5.48 Å². The van der Waals surface area contributed by atoms with Gasteiger partial charge in [-0.3, -0.25) is 14.4 Å². The minimum atomic E-state index is -0.430. The van der Waals surface area contributed by atoms with Crippen molar-refractivity contribution in [1.29, 1.82) is 0 Å². The molecule has 16 saturated carbocycles. The maximum absolute atomic E-state index is 12.3. The highest BCUT2D eigenvalue weighted by Gasteiger charge is 2.71. The number of nitrogens with zero attached hydrogens (tertiary/aromatic N) is 2. The van der Waals surface area contributed by atoms with Gasteiger partial charge in [-0.05, 0) is 372 Å². The fourth-order valence-electron chi connectivity index (χ4n) is 37.7. The van der Waals surface area contributed by atoms with Gasteiger partial charge in [0.25, 0.3) is 0 Å². The largest absolute Gasteiger partial charge is 0.489 e. The summed E-state index contributed by atoms with van der Waals surface area (Å²) >= 11 is 1.27. The number of hydroxylamine groups is 1. The number of rotatable bonds is 11. The highest BCUT2D eigenvalue weighted by atomic mass is 32.2. The van der Waals surface area contributed by atoms with Gasteiger partial charge >= 0.3 is 6.09 Å². The van der Waals surface area contributed by atoms with Crippen molar-refractivity contribution in [3.63, 3.8) is 0 Å². The summed E-state index contributed by atoms with van der Waals surface area (Å²) in [5.74, 6) is 13.7. The van der Waals surface area contributed by atoms with Crippen molar-refractivity contribution in [2.24, 2.45) is 207 Å². The summed E-state index contributed by atoms with van der Waals surface area (Å²) in [6, 6.07) is 0. The van der Waals surface area contributed by atoms with E-state index in [-0.39, 0.29) is 133 Å². The van der Waals surface area contributed by atoms with Gasteiger partial charge < -0.3 is 55.2 Å². The number of aliphatic hydroxyl groups excluding tert-OH is 8. The van der Waals surface area contributed by atoms with Crippen LogP contribution in [-0.4, -0.2) is 142 Å². The number of amides is 1. The van der Waals surface area contributed by atoms with Crippen LogP contribution in [0.1, 0.15) is 315 Å². The van der Waals surface area contributed by atoms with E-state index in [2.05, 4.69) is 119 Å². The maximum atomic E-state index is 12.3. The first-order valence-corrected chi connectivity index (χ1v) is 51.3. The molecule has 0 aromatic heterocycles. The van der Waals surface area contributed by atoms with Gasteiger partial charge in [0.2, 0.25) is 5.88 Å². The first kappa shape index (κ1) is 90.7. The summed E-state index contributed by atoms with van der Waals surface area (Å²) in [6.07, 6.45) is 34.6. The molecule has 17 fully saturated rings. The molecule has 122 heavy (non-hydrogen) atoms. The zero-order valence-corrected chi connectivity index (χ0v) is 78.0. The Morgan fingerprint density at radius 1 is 0.434 bits per heavy atom. The average Bonchev–Trinajstić information content (AvgIpc) is 1.43. The third-order valence-electron chi connectivity index (χ3n) is 43.5. The van der Waals surface area contributed by atoms with Crippen LogP contribution >= 0.6 is 11.8 Å². The van der Waals surface area contributed by atoms with Crippen molar-refractivity contribution < 1.29 is 74.3 Å². The molecule has 43 atom stereocenters. The molecule has 1 amide bonds. The second-order valence-corrected chi connectivity index (χ2v) is 48.8. The van der Waals surface area contributed by atoms with E-state index in [1.807, 2.05) is 0 Å². The summed E-state index contributed by atoms with van der Waals surface area (Å²) in [5, 5.41) is 88.6. The Bertz CT molecular complexity index is 3880. The van der Waals surface area contributed by atoms with Crippen molar-refractivity contribution in [2.75, 3.05) is 13.2 Å². The Labute approximate surface area is 735 Å². The van der Waals surface area contributed by atoms with Crippen molar-refractivity contribution in [3.8, 4) is 0 Å². The van der Waals surface area contributed by atoms with E-state index in [1.54, 1.807) is 6.08 Å². The number of aliphatic imine (C=N–C) groups is 2. The fraction of sp³-hybridized carbons (Fsp3) is 0.903. The Morgan fingerprint density at radius 2 is 0.795 bits per heavy atom. The normalized spacial score (nSPS) is 53.4. The van der Waals surface area contributed by atoms with Gasteiger partial charge in [0.1, 0.15) is 18.2 Å². The van der Waals surface area contributed by atoms with Crippen LogP contribution in [-0.2, 0) is 28.7 Å². The number of aliphatic hydroxyl groups is 8. The molecule has 0 bridgehead atoms. The summed E-state index contributed by atoms with van der Waals surface area (Å²) < 4.78 is 11.0. The molecular weight excluding hydrogens is 1550 g/mol. The average molecular weight is 1710 g/mol. The van der Waals surface area contributed by atoms with E-state index >= 15 is 0 Å². The second kappa shape index (κ2) is 33.8. The van der Waals surface area contributed by atoms with E-state index in [0.29, 0.717) is 160 Å². The number of ether oxygens (including phenoxy) is 2. The minimum Gasteiger partial charge on any atom is -0.489 e. The van der Waals surface area contributed by atoms with Crippen molar-refractivity contribution in [3.05, 3.63) is 24.3 Å². The van der Waals surface area contributed by atoms with Gasteiger partial charge in [0, 0.05) is 23.8 Å². The van der Waals surface area contributed by atoms with Crippen LogP contribution in [0, 0.1) is 197 Å². The highest BCUT2D eigenvalue weighted by molar-refractivity contribution is 8.15. The monoisotopic (exact) mass is 1710 g/mol. The van der Waals surface area contributed by atoms with Crippen molar-refractivity contribution in [2.45, 2.75) is 369 Å². The number of amidine groups is 1. The molecule has 9 N–H and O–H groups in total. The standard InChI is InChI=1S/C28H44O4S.C26H42N2O3.C25H38O4.C24H37NO4/c1-5-17-21-13-16(29)8-10-28(21,4)20-9-11-27(3)18(6-7-19(27)25(20)26(17)32)15(2)12-23-22(30)14-24(31)33-23;1-6-17-21-13-16(29)9-11-26(21,5)20-10-12-25(4)18(7-8-19(25)22(20)23(17)30)14(2)24-27-15(3)31-28-24;1-4-16-20-11-14(26)7-9-25(20,3)19-8-10-24(2)17(21-12-15(27)13-29-21)5-6-18(24)22(19)23(16)28;1-4-14-18-11-13(26)7-9-24(18,3)17-8-10-23(2)15(19-12-29-22(28)25-19)5-6-16(23)20(17)21(14)27/h15-21,23,25-26,29,32H,5-14H2,1-4H3;14,16-23,29-30H,3,6-13H2,1-2,4-5H3,(H,27,28);12,14,16-20,22-23,26,28H,4-11,13H2,1-3H3;13-18,20-21,26-27H,4-12H2,1-3H3/t15-,16-,17-,18-,19?,20?,21+,23?,25?,26-,27-,28-;14-,16+,17+,18+,19?,20?,21-,22?,23+,25+,26+;14-,16-,17-,18?,19?,20+,22?,23-,24-,25-;13-,14-,15-,16?,17?,18+,20?,21-,23-,24-/m1011/s1. The molecule has 1 saturated heterocycles. The lowest BCUT2D eigenvalue weighted by molar-refractivity contribution is -0.203. The number of ketones is 2. The molecule has 20 aliphatic rings. The highest BCUT2D eigenvalue weighted by Crippen LogP contribution is 2.76. The molecule has 684 valence electrons. The number of carbonyl (C=O) groups is 4. The van der Waals surface area contributed by atoms with E-state index in [4.69, 9.17) is 14.3 Å². The van der Waals surface area contributed by atoms with Crippen LogP contribution in [0.4, 0.5) is 4.79 Å². The quantitative estimate of drug-likeness (QED) is 0.0869. The summed E-state index contributed by atoms with van der Waals surface area (Å²) in [7, 11) is 0. The van der Waals surface area contributed by atoms with Gasteiger partial charge in [-0.2, -0.15) is 9.98 Å². The van der Waals surface area contributed by atoms with Crippen molar-refractivity contribution in [1.82, 2.24) is 5.48 Å². The van der Waals surface area contributed by atoms with Crippen LogP contribution in [0.15, 0.2) is 34.3 Å². The molecule has 0 radical (unpaired) electrons. The molecule has 16 aliphatic carbocycles. The van der Waals surface area contributed by atoms with E-state index in [9.17, 15) is 60.0 Å². The molecule has 19 heteroatoms. The van der Waals surface area contributed by atoms with E-state index < -0.39 is 6.09 Å². The van der Waals surface area contributed by atoms with Gasteiger partial charge in [-0.15, -0.1) is 0 Å². The lowest BCUT2D eigenvalue weighted by Crippen LogP contribution is -2.62. The van der Waals surface area contributed by atoms with Crippen LogP contribution in [0.25, 0.3) is 0 Å². The van der Waals surface area contributed by atoms with Gasteiger partial charge in [-0.25, -0.2) is 10.3 Å². The zero-order chi connectivity index (χ0) is 86.9. The summed E-state index contributed by atoms with van der Waals surface area (Å²) in [4.78, 5) is 61.5. The lowest BCUT2D eigenvalue weighted by atomic mass is 9.41. The maximum Gasteiger partial charge on any atom is 0.434 e. The SMILES string of the molecule is C=C1N=C([C@@H](C)[C@H]2CCC3C4C(CC[C@@]32C)[C@@]2(C)CC[C@@H](O)C[C@H]2[C@@H](CC)[C@H]4O)NO1.CC[C@H]1[C@@H](O)C2C3CC[C@H](C4=CC(=O)CO4)[C@@]3(C)CCC2[C@@]2(C)CC[C@@H](O)C[C@@H]12.CC[C@H]1[C@@H](O)C2C3CC[C@H](C4=NC(=O)OC4)[C@@]3(C)CCC2[C@@]2(C)CC[C@@H](O)C[C@@H]12.CC[C@H]1[C@@H](O)C2C3CC[C@H]([C@H](C)CC4SC(=O)CC4=O)[C@@]3(C)CCC2[C@@]2(C)CC[C@@H](O)C[C@@H]12. The zero-order valence-electron chi connectivity index (χ0n) is 77.2. The molecule has 13 unspecified atom stereocenters. The molecule has 0 aromatic carbocycles.